The summed E-state index contributed by atoms with van der Waals surface area (Å²) in [6, 6.07) is 9.80. The first kappa shape index (κ1) is 17.2. The van der Waals surface area contributed by atoms with E-state index in [1.807, 2.05) is 30.3 Å². The van der Waals surface area contributed by atoms with Crippen LogP contribution in [-0.4, -0.2) is 29.1 Å². The number of carboxylic acids is 1. The highest BCUT2D eigenvalue weighted by Gasteiger charge is 2.32. The van der Waals surface area contributed by atoms with Crippen LogP contribution in [-0.2, 0) is 20.9 Å². The van der Waals surface area contributed by atoms with Gasteiger partial charge in [0.1, 0.15) is 5.54 Å². The number of ether oxygens (including phenoxy) is 1. The molecule has 5 nitrogen and oxygen atoms in total. The van der Waals surface area contributed by atoms with Crippen LogP contribution < -0.4 is 5.32 Å². The van der Waals surface area contributed by atoms with E-state index in [1.165, 1.54) is 6.92 Å². The number of carbonyl (C=O) groups is 2. The molecule has 5 heteroatoms. The molecule has 0 heterocycles. The molecule has 0 spiro atoms. The molecule has 0 bridgehead atoms. The highest BCUT2D eigenvalue weighted by Crippen LogP contribution is 2.10. The lowest BCUT2D eigenvalue weighted by atomic mass is 9.99. The molecule has 0 saturated heterocycles. The number of rotatable bonds is 9. The van der Waals surface area contributed by atoms with E-state index in [0.29, 0.717) is 26.1 Å². The van der Waals surface area contributed by atoms with Gasteiger partial charge in [-0.2, -0.15) is 0 Å². The van der Waals surface area contributed by atoms with E-state index in [9.17, 15) is 9.59 Å². The molecular formula is C16H23NO4. The van der Waals surface area contributed by atoms with Crippen molar-refractivity contribution >= 4 is 11.9 Å². The maximum atomic E-state index is 11.7. The van der Waals surface area contributed by atoms with Gasteiger partial charge in [0.25, 0.3) is 0 Å². The smallest absolute Gasteiger partial charge is 0.329 e. The molecule has 1 rings (SSSR count). The molecule has 0 aliphatic rings. The number of carbonyl (C=O) groups excluding carboxylic acids is 1. The van der Waals surface area contributed by atoms with Crippen molar-refractivity contribution in [3.63, 3.8) is 0 Å². The van der Waals surface area contributed by atoms with Crippen molar-refractivity contribution in [2.75, 3.05) is 6.61 Å². The second kappa shape index (κ2) is 8.42. The summed E-state index contributed by atoms with van der Waals surface area (Å²) in [7, 11) is 0. The Bertz CT molecular complexity index is 461. The standard InChI is InChI=1S/C16H23NO4/c1-3-16(2,15(19)20)17-14(18)10-7-11-21-12-13-8-5-4-6-9-13/h4-6,8-9H,3,7,10-12H2,1-2H3,(H,17,18)(H,19,20). The van der Waals surface area contributed by atoms with Gasteiger partial charge in [0.15, 0.2) is 0 Å². The molecule has 0 aliphatic carbocycles. The van der Waals surface area contributed by atoms with E-state index in [0.717, 1.165) is 5.56 Å². The molecular weight excluding hydrogens is 270 g/mol. The molecule has 0 aliphatic heterocycles. The molecule has 1 aromatic carbocycles. The van der Waals surface area contributed by atoms with Crippen molar-refractivity contribution in [3.8, 4) is 0 Å². The van der Waals surface area contributed by atoms with Crippen molar-refractivity contribution in [1.82, 2.24) is 5.32 Å². The van der Waals surface area contributed by atoms with Gasteiger partial charge in [-0.15, -0.1) is 0 Å². The Kier molecular flexibility index (Phi) is 6.88. The molecule has 1 atom stereocenters. The largest absolute Gasteiger partial charge is 0.480 e. The Balaban J connectivity index is 2.20. The lowest BCUT2D eigenvalue weighted by Gasteiger charge is -2.24. The van der Waals surface area contributed by atoms with Crippen LogP contribution in [0.4, 0.5) is 0 Å². The minimum absolute atomic E-state index is 0.259. The Morgan fingerprint density at radius 1 is 1.29 bits per heavy atom. The Morgan fingerprint density at radius 3 is 2.52 bits per heavy atom. The molecule has 0 fully saturated rings. The lowest BCUT2D eigenvalue weighted by Crippen LogP contribution is -2.51. The molecule has 0 aromatic heterocycles. The van der Waals surface area contributed by atoms with Crippen LogP contribution >= 0.6 is 0 Å². The summed E-state index contributed by atoms with van der Waals surface area (Å²) in [4.78, 5) is 22.8. The number of carboxylic acid groups (broad SMARTS) is 1. The van der Waals surface area contributed by atoms with Gasteiger partial charge in [0.2, 0.25) is 5.91 Å². The fourth-order valence-corrected chi connectivity index (χ4v) is 1.76. The quantitative estimate of drug-likeness (QED) is 0.685. The van der Waals surface area contributed by atoms with Crippen molar-refractivity contribution in [2.45, 2.75) is 45.3 Å². The number of hydrogen-bond acceptors (Lipinski definition) is 3. The first-order chi connectivity index (χ1) is 9.98. The van der Waals surface area contributed by atoms with Gasteiger partial charge in [0.05, 0.1) is 6.61 Å². The SMILES string of the molecule is CCC(C)(NC(=O)CCCOCc1ccccc1)C(=O)O. The summed E-state index contributed by atoms with van der Waals surface area (Å²) in [6.45, 7) is 4.24. The first-order valence-electron chi connectivity index (χ1n) is 7.14. The Morgan fingerprint density at radius 2 is 1.95 bits per heavy atom. The van der Waals surface area contributed by atoms with Crippen LogP contribution in [0.25, 0.3) is 0 Å². The average molecular weight is 293 g/mol. The van der Waals surface area contributed by atoms with Crippen LogP contribution in [0.2, 0.25) is 0 Å². The van der Waals surface area contributed by atoms with Gasteiger partial charge in [-0.25, -0.2) is 4.79 Å². The number of amides is 1. The third-order valence-electron chi connectivity index (χ3n) is 3.40. The highest BCUT2D eigenvalue weighted by molar-refractivity contribution is 5.86. The number of aliphatic carboxylic acids is 1. The summed E-state index contributed by atoms with van der Waals surface area (Å²) in [5.74, 6) is -1.27. The molecule has 1 unspecified atom stereocenters. The summed E-state index contributed by atoms with van der Waals surface area (Å²) >= 11 is 0. The Hall–Kier alpha value is -1.88. The minimum Gasteiger partial charge on any atom is -0.480 e. The predicted molar refractivity (Wildman–Crippen MR) is 79.8 cm³/mol. The molecule has 2 N–H and O–H groups in total. The van der Waals surface area contributed by atoms with E-state index in [4.69, 9.17) is 9.84 Å². The van der Waals surface area contributed by atoms with Crippen molar-refractivity contribution in [2.24, 2.45) is 0 Å². The third kappa shape index (κ3) is 5.95. The minimum atomic E-state index is -1.19. The van der Waals surface area contributed by atoms with Gasteiger partial charge in [-0.1, -0.05) is 37.3 Å². The third-order valence-corrected chi connectivity index (χ3v) is 3.40. The van der Waals surface area contributed by atoms with Gasteiger partial charge in [-0.05, 0) is 25.3 Å². The van der Waals surface area contributed by atoms with Crippen LogP contribution in [0.1, 0.15) is 38.7 Å². The monoisotopic (exact) mass is 293 g/mol. The summed E-state index contributed by atoms with van der Waals surface area (Å²) in [6.07, 6.45) is 1.17. The van der Waals surface area contributed by atoms with Crippen LogP contribution in [0, 0.1) is 0 Å². The molecule has 21 heavy (non-hydrogen) atoms. The first-order valence-corrected chi connectivity index (χ1v) is 7.14. The molecule has 0 saturated carbocycles. The number of benzene rings is 1. The fourth-order valence-electron chi connectivity index (χ4n) is 1.76. The molecule has 116 valence electrons. The zero-order valence-electron chi connectivity index (χ0n) is 12.6. The highest BCUT2D eigenvalue weighted by atomic mass is 16.5. The van der Waals surface area contributed by atoms with E-state index >= 15 is 0 Å². The van der Waals surface area contributed by atoms with E-state index in [1.54, 1.807) is 6.92 Å². The topological polar surface area (TPSA) is 75.6 Å². The van der Waals surface area contributed by atoms with Crippen molar-refractivity contribution in [1.29, 1.82) is 0 Å². The maximum Gasteiger partial charge on any atom is 0.329 e. The van der Waals surface area contributed by atoms with Gasteiger partial charge in [-0.3, -0.25) is 4.79 Å². The van der Waals surface area contributed by atoms with Crippen molar-refractivity contribution in [3.05, 3.63) is 35.9 Å². The Labute approximate surface area is 125 Å². The molecule has 1 aromatic rings. The van der Waals surface area contributed by atoms with E-state index in [-0.39, 0.29) is 12.3 Å². The van der Waals surface area contributed by atoms with E-state index < -0.39 is 11.5 Å². The zero-order valence-corrected chi connectivity index (χ0v) is 12.6. The lowest BCUT2D eigenvalue weighted by molar-refractivity contribution is -0.147. The molecule has 0 radical (unpaired) electrons. The van der Waals surface area contributed by atoms with Gasteiger partial charge < -0.3 is 15.2 Å². The maximum absolute atomic E-state index is 11.7. The number of hydrogen-bond donors (Lipinski definition) is 2. The fraction of sp³-hybridized carbons (Fsp3) is 0.500. The zero-order chi connectivity index (χ0) is 15.7. The molecule has 1 amide bonds. The van der Waals surface area contributed by atoms with Gasteiger partial charge >= 0.3 is 5.97 Å². The van der Waals surface area contributed by atoms with Crippen LogP contribution in [0.3, 0.4) is 0 Å². The normalized spacial score (nSPS) is 13.4. The van der Waals surface area contributed by atoms with E-state index in [2.05, 4.69) is 5.32 Å². The van der Waals surface area contributed by atoms with Crippen LogP contribution in [0.5, 0.6) is 0 Å². The summed E-state index contributed by atoms with van der Waals surface area (Å²) in [5, 5.41) is 11.6. The van der Waals surface area contributed by atoms with Gasteiger partial charge in [0, 0.05) is 13.0 Å². The van der Waals surface area contributed by atoms with Crippen molar-refractivity contribution < 1.29 is 19.4 Å². The predicted octanol–water partition coefficient (Wildman–Crippen LogP) is 2.35. The summed E-state index contributed by atoms with van der Waals surface area (Å²) in [5.41, 5.74) is -0.103. The number of nitrogens with one attached hydrogen (secondary N) is 1. The second-order valence-electron chi connectivity index (χ2n) is 5.18. The van der Waals surface area contributed by atoms with Crippen LogP contribution in [0.15, 0.2) is 30.3 Å². The second-order valence-corrected chi connectivity index (χ2v) is 5.18. The average Bonchev–Trinajstić information content (AvgIpc) is 2.47. The summed E-state index contributed by atoms with van der Waals surface area (Å²) < 4.78 is 5.48.